The lowest BCUT2D eigenvalue weighted by Gasteiger charge is -2.20. The maximum Gasteiger partial charge on any atom is 0.167 e. The van der Waals surface area contributed by atoms with Gasteiger partial charge in [0.25, 0.3) is 0 Å². The summed E-state index contributed by atoms with van der Waals surface area (Å²) in [4.78, 5) is 12.6. The average molecular weight is 295 g/mol. The molecule has 9 heteroatoms. The molecule has 4 atom stereocenters. The molecule has 21 heavy (non-hydrogen) atoms. The number of aliphatic hydroxyl groups is 2. The van der Waals surface area contributed by atoms with Crippen molar-refractivity contribution >= 4 is 17.0 Å². The van der Waals surface area contributed by atoms with Gasteiger partial charge in [-0.3, -0.25) is 4.57 Å². The molecule has 3 rings (SSSR count). The third kappa shape index (κ3) is 2.14. The molecule has 0 amide bonds. The summed E-state index contributed by atoms with van der Waals surface area (Å²) in [5.74, 6) is 0.787. The van der Waals surface area contributed by atoms with Gasteiger partial charge in [-0.1, -0.05) is 0 Å². The molecule has 0 bridgehead atoms. The fourth-order valence-electron chi connectivity index (χ4n) is 2.59. The van der Waals surface area contributed by atoms with Crippen LogP contribution in [0.25, 0.3) is 11.2 Å². The van der Waals surface area contributed by atoms with Crippen molar-refractivity contribution in [3.8, 4) is 0 Å². The van der Waals surface area contributed by atoms with Gasteiger partial charge in [0.05, 0.1) is 12.9 Å². The van der Waals surface area contributed by atoms with E-state index in [2.05, 4.69) is 15.0 Å². The quantitative estimate of drug-likeness (QED) is 0.656. The molecular formula is C12H17N5O4. The first-order chi connectivity index (χ1) is 10.1. The van der Waals surface area contributed by atoms with Crippen LogP contribution in [0, 0.1) is 6.92 Å². The van der Waals surface area contributed by atoms with E-state index in [9.17, 15) is 10.2 Å². The zero-order chi connectivity index (χ0) is 15.1. The number of fused-ring (bicyclic) bond motifs is 1. The Morgan fingerprint density at radius 2 is 2.24 bits per heavy atom. The molecule has 114 valence electrons. The highest BCUT2D eigenvalue weighted by Crippen LogP contribution is 2.33. The normalized spacial score (nSPS) is 29.3. The minimum absolute atomic E-state index is 0.280. The van der Waals surface area contributed by atoms with Crippen LogP contribution >= 0.6 is 0 Å². The molecule has 4 unspecified atom stereocenters. The van der Waals surface area contributed by atoms with Crippen LogP contribution < -0.4 is 5.73 Å². The molecule has 2 aromatic heterocycles. The van der Waals surface area contributed by atoms with E-state index in [0.29, 0.717) is 17.0 Å². The molecule has 1 aliphatic rings. The number of methoxy groups -OCH3 is 1. The van der Waals surface area contributed by atoms with E-state index in [1.54, 1.807) is 11.5 Å². The lowest BCUT2D eigenvalue weighted by molar-refractivity contribution is -0.0583. The van der Waals surface area contributed by atoms with Crippen molar-refractivity contribution in [3.63, 3.8) is 0 Å². The average Bonchev–Trinajstić information content (AvgIpc) is 2.99. The lowest BCUT2D eigenvalue weighted by Crippen LogP contribution is -2.34. The number of anilines is 1. The van der Waals surface area contributed by atoms with Gasteiger partial charge in [0.15, 0.2) is 17.7 Å². The Morgan fingerprint density at radius 1 is 1.48 bits per heavy atom. The molecule has 2 aromatic rings. The molecule has 4 N–H and O–H groups in total. The van der Waals surface area contributed by atoms with Gasteiger partial charge in [0.2, 0.25) is 0 Å². The van der Waals surface area contributed by atoms with Gasteiger partial charge >= 0.3 is 0 Å². The maximum atomic E-state index is 10.1. The fraction of sp³-hybridized carbons (Fsp3) is 0.583. The number of aryl methyl sites for hydroxylation is 1. The van der Waals surface area contributed by atoms with E-state index in [1.807, 2.05) is 0 Å². The van der Waals surface area contributed by atoms with E-state index < -0.39 is 24.5 Å². The predicted molar refractivity (Wildman–Crippen MR) is 72.3 cm³/mol. The summed E-state index contributed by atoms with van der Waals surface area (Å²) in [6.45, 7) is 1.42. The van der Waals surface area contributed by atoms with E-state index in [0.717, 1.165) is 0 Å². The second kappa shape index (κ2) is 5.19. The highest BCUT2D eigenvalue weighted by Gasteiger charge is 2.45. The van der Waals surface area contributed by atoms with Gasteiger partial charge < -0.3 is 25.4 Å². The van der Waals surface area contributed by atoms with Crippen LogP contribution in [-0.2, 0) is 9.47 Å². The number of ether oxygens (including phenoxy) is 2. The summed E-state index contributed by atoms with van der Waals surface area (Å²) < 4.78 is 12.6. The van der Waals surface area contributed by atoms with Crippen molar-refractivity contribution in [1.82, 2.24) is 19.5 Å². The van der Waals surface area contributed by atoms with Gasteiger partial charge in [-0.05, 0) is 6.92 Å². The van der Waals surface area contributed by atoms with Crippen molar-refractivity contribution in [2.24, 2.45) is 0 Å². The highest BCUT2D eigenvalue weighted by molar-refractivity contribution is 5.81. The number of imidazole rings is 1. The Labute approximate surface area is 120 Å². The van der Waals surface area contributed by atoms with E-state index >= 15 is 0 Å². The first-order valence-electron chi connectivity index (χ1n) is 6.50. The van der Waals surface area contributed by atoms with Crippen LogP contribution in [0.2, 0.25) is 0 Å². The minimum Gasteiger partial charge on any atom is -0.394 e. The number of nitrogen functional groups attached to an aromatic ring is 1. The monoisotopic (exact) mass is 295 g/mol. The Morgan fingerprint density at radius 3 is 2.90 bits per heavy atom. The summed E-state index contributed by atoms with van der Waals surface area (Å²) in [6.07, 6.45) is -1.45. The number of aromatic nitrogens is 4. The molecular weight excluding hydrogens is 278 g/mol. The highest BCUT2D eigenvalue weighted by atomic mass is 16.6. The first kappa shape index (κ1) is 14.1. The minimum atomic E-state index is -0.942. The van der Waals surface area contributed by atoms with Crippen molar-refractivity contribution in [1.29, 1.82) is 0 Å². The smallest absolute Gasteiger partial charge is 0.167 e. The first-order valence-corrected chi connectivity index (χ1v) is 6.50. The van der Waals surface area contributed by atoms with Gasteiger partial charge in [-0.2, -0.15) is 0 Å². The van der Waals surface area contributed by atoms with Crippen molar-refractivity contribution < 1.29 is 19.7 Å². The zero-order valence-electron chi connectivity index (χ0n) is 11.7. The molecule has 1 saturated heterocycles. The Bertz CT molecular complexity index is 660. The standard InChI is InChI=1S/C12H17N5O4/c1-5-15-10(13)7-11(16-5)17(4-14-7)12-9(20-2)8(19)6(3-18)21-12/h4,6,8-9,12,18-19H,3H2,1-2H3,(H2,13,15,16). The Balaban J connectivity index is 2.08. The number of nitrogens with two attached hydrogens (primary N) is 1. The van der Waals surface area contributed by atoms with Crippen LogP contribution in [-0.4, -0.2) is 61.8 Å². The Kier molecular flexibility index (Phi) is 3.49. The molecule has 0 aromatic carbocycles. The van der Waals surface area contributed by atoms with Crippen molar-refractivity contribution in [3.05, 3.63) is 12.2 Å². The molecule has 0 radical (unpaired) electrons. The second-order valence-corrected chi connectivity index (χ2v) is 4.92. The van der Waals surface area contributed by atoms with Gasteiger partial charge in [0.1, 0.15) is 29.7 Å². The largest absolute Gasteiger partial charge is 0.394 e. The number of hydrogen-bond acceptors (Lipinski definition) is 8. The van der Waals surface area contributed by atoms with Gasteiger partial charge in [0, 0.05) is 7.11 Å². The topological polar surface area (TPSA) is 129 Å². The Hall–Kier alpha value is -1.81. The molecule has 1 aliphatic heterocycles. The predicted octanol–water partition coefficient (Wildman–Crippen LogP) is -1.02. The number of hydrogen-bond donors (Lipinski definition) is 3. The molecule has 0 spiro atoms. The number of aliphatic hydroxyl groups excluding tert-OH is 2. The number of nitrogens with zero attached hydrogens (tertiary/aromatic N) is 4. The van der Waals surface area contributed by atoms with Crippen LogP contribution in [0.1, 0.15) is 12.1 Å². The zero-order valence-corrected chi connectivity index (χ0v) is 11.7. The SMILES string of the molecule is COC1C(O)C(CO)OC1n1cnc2c(N)nc(C)nc21. The van der Waals surface area contributed by atoms with E-state index in [4.69, 9.17) is 15.2 Å². The molecule has 1 fully saturated rings. The van der Waals surface area contributed by atoms with Gasteiger partial charge in [-0.25, -0.2) is 15.0 Å². The second-order valence-electron chi connectivity index (χ2n) is 4.92. The van der Waals surface area contributed by atoms with Crippen LogP contribution in [0.15, 0.2) is 6.33 Å². The molecule has 3 heterocycles. The third-order valence-electron chi connectivity index (χ3n) is 3.60. The van der Waals surface area contributed by atoms with E-state index in [-0.39, 0.29) is 12.4 Å². The van der Waals surface area contributed by atoms with Crippen molar-refractivity contribution in [2.45, 2.75) is 31.5 Å². The van der Waals surface area contributed by atoms with Crippen molar-refractivity contribution in [2.75, 3.05) is 19.5 Å². The van der Waals surface area contributed by atoms with Crippen LogP contribution in [0.4, 0.5) is 5.82 Å². The third-order valence-corrected chi connectivity index (χ3v) is 3.60. The van der Waals surface area contributed by atoms with Crippen LogP contribution in [0.3, 0.4) is 0 Å². The lowest BCUT2D eigenvalue weighted by atomic mass is 10.1. The fourth-order valence-corrected chi connectivity index (χ4v) is 2.59. The van der Waals surface area contributed by atoms with E-state index in [1.165, 1.54) is 13.4 Å². The molecule has 0 aliphatic carbocycles. The molecule has 9 nitrogen and oxygen atoms in total. The summed E-state index contributed by atoms with van der Waals surface area (Å²) >= 11 is 0. The summed E-state index contributed by atoms with van der Waals surface area (Å²) in [5, 5.41) is 19.4. The molecule has 0 saturated carbocycles. The van der Waals surface area contributed by atoms with Crippen LogP contribution in [0.5, 0.6) is 0 Å². The number of rotatable bonds is 3. The summed E-state index contributed by atoms with van der Waals surface area (Å²) in [7, 11) is 1.47. The maximum absolute atomic E-state index is 10.1. The summed E-state index contributed by atoms with van der Waals surface area (Å²) in [6, 6.07) is 0. The van der Waals surface area contributed by atoms with Gasteiger partial charge in [-0.15, -0.1) is 0 Å². The summed E-state index contributed by atoms with van der Waals surface area (Å²) in [5.41, 5.74) is 6.79.